The maximum atomic E-state index is 11.2. The molecular weight excluding hydrogens is 324 g/mol. The minimum atomic E-state index is -1.58. The molecule has 2 aromatic rings. The second kappa shape index (κ2) is 6.38. The topological polar surface area (TPSA) is 150 Å². The molecule has 0 aliphatic carbocycles. The van der Waals surface area contributed by atoms with E-state index in [1.165, 1.54) is 18.2 Å². The number of hydrogen-bond acceptors (Lipinski definition) is 9. The van der Waals surface area contributed by atoms with Crippen LogP contribution in [0, 0.1) is 0 Å². The quantitative estimate of drug-likeness (QED) is 0.429. The summed E-state index contributed by atoms with van der Waals surface area (Å²) in [7, 11) is 0. The summed E-state index contributed by atoms with van der Waals surface area (Å²) in [6.45, 7) is -0.584. The summed E-state index contributed by atoms with van der Waals surface area (Å²) in [5.74, 6) is -0.289. The van der Waals surface area contributed by atoms with E-state index < -0.39 is 42.9 Å². The number of hydrogen-bond donors (Lipinski definition) is 5. The number of rotatable bonds is 3. The smallest absolute Gasteiger partial charge is 0.336 e. The number of fused-ring (bicyclic) bond motifs is 1. The third-order valence-electron chi connectivity index (χ3n) is 3.77. The normalized spacial score (nSPS) is 30.4. The van der Waals surface area contributed by atoms with Gasteiger partial charge in [-0.2, -0.15) is 0 Å². The first-order chi connectivity index (χ1) is 11.4. The van der Waals surface area contributed by atoms with Crippen LogP contribution in [-0.4, -0.2) is 62.8 Å². The molecule has 1 aliphatic heterocycles. The number of aromatic hydroxyl groups is 1. The fourth-order valence-corrected chi connectivity index (χ4v) is 2.50. The van der Waals surface area contributed by atoms with Gasteiger partial charge < -0.3 is 39.4 Å². The van der Waals surface area contributed by atoms with Gasteiger partial charge >= 0.3 is 5.63 Å². The number of phenols is 1. The van der Waals surface area contributed by atoms with Crippen LogP contribution in [0.5, 0.6) is 11.5 Å². The van der Waals surface area contributed by atoms with Gasteiger partial charge in [0.25, 0.3) is 0 Å². The van der Waals surface area contributed by atoms with Crippen LogP contribution in [0.3, 0.4) is 0 Å². The van der Waals surface area contributed by atoms with Gasteiger partial charge in [-0.15, -0.1) is 0 Å². The van der Waals surface area contributed by atoms with Crippen LogP contribution >= 0.6 is 0 Å². The first kappa shape index (κ1) is 16.7. The van der Waals surface area contributed by atoms with Crippen molar-refractivity contribution >= 4 is 11.0 Å². The molecule has 5 atom stereocenters. The van der Waals surface area contributed by atoms with Gasteiger partial charge in [-0.25, -0.2) is 4.79 Å². The third-order valence-corrected chi connectivity index (χ3v) is 3.77. The van der Waals surface area contributed by atoms with Crippen LogP contribution in [0.2, 0.25) is 0 Å². The van der Waals surface area contributed by atoms with Crippen molar-refractivity contribution in [3.63, 3.8) is 0 Å². The maximum absolute atomic E-state index is 11.2. The van der Waals surface area contributed by atoms with Crippen LogP contribution in [0.15, 0.2) is 33.5 Å². The molecule has 5 N–H and O–H groups in total. The Morgan fingerprint density at radius 1 is 1.08 bits per heavy atom. The van der Waals surface area contributed by atoms with E-state index in [2.05, 4.69) is 0 Å². The van der Waals surface area contributed by atoms with E-state index in [0.717, 1.165) is 6.07 Å². The molecule has 9 heteroatoms. The molecule has 5 unspecified atom stereocenters. The van der Waals surface area contributed by atoms with E-state index in [9.17, 15) is 25.2 Å². The zero-order valence-electron chi connectivity index (χ0n) is 12.3. The van der Waals surface area contributed by atoms with E-state index in [-0.39, 0.29) is 17.1 Å². The third kappa shape index (κ3) is 2.95. The Bertz CT molecular complexity index is 784. The fraction of sp³-hybridized carbons (Fsp3) is 0.400. The van der Waals surface area contributed by atoms with Crippen molar-refractivity contribution in [1.29, 1.82) is 0 Å². The SMILES string of the molecule is O=c1ccc2cc(OC3OC(CO)C(O)C(O)C3O)cc(O)c2o1. The lowest BCUT2D eigenvalue weighted by Gasteiger charge is -2.39. The number of aliphatic hydroxyl groups is 4. The second-order valence-electron chi connectivity index (χ2n) is 5.43. The zero-order valence-corrected chi connectivity index (χ0v) is 12.3. The lowest BCUT2D eigenvalue weighted by molar-refractivity contribution is -0.277. The Morgan fingerprint density at radius 3 is 2.54 bits per heavy atom. The van der Waals surface area contributed by atoms with Gasteiger partial charge in [-0.3, -0.25) is 0 Å². The van der Waals surface area contributed by atoms with Gasteiger partial charge in [0.05, 0.1) is 6.61 Å². The zero-order chi connectivity index (χ0) is 17.4. The van der Waals surface area contributed by atoms with Crippen LogP contribution in [0.25, 0.3) is 11.0 Å². The minimum absolute atomic E-state index is 0.0244. The molecule has 2 heterocycles. The van der Waals surface area contributed by atoms with Crippen molar-refractivity contribution in [2.24, 2.45) is 0 Å². The van der Waals surface area contributed by atoms with Crippen molar-refractivity contribution < 1.29 is 39.4 Å². The highest BCUT2D eigenvalue weighted by Crippen LogP contribution is 2.31. The first-order valence-electron chi connectivity index (χ1n) is 7.15. The Labute approximate surface area is 134 Å². The maximum Gasteiger partial charge on any atom is 0.336 e. The van der Waals surface area contributed by atoms with Crippen LogP contribution in [0.4, 0.5) is 0 Å². The molecule has 1 aliphatic rings. The summed E-state index contributed by atoms with van der Waals surface area (Å²) in [4.78, 5) is 11.2. The molecule has 1 aromatic carbocycles. The highest BCUT2D eigenvalue weighted by Gasteiger charge is 2.44. The Balaban J connectivity index is 1.89. The van der Waals surface area contributed by atoms with Crippen molar-refractivity contribution in [2.45, 2.75) is 30.7 Å². The van der Waals surface area contributed by atoms with Gasteiger partial charge in [0.1, 0.15) is 30.2 Å². The van der Waals surface area contributed by atoms with Gasteiger partial charge in [0, 0.05) is 17.5 Å². The Morgan fingerprint density at radius 2 is 1.83 bits per heavy atom. The predicted molar refractivity (Wildman–Crippen MR) is 78.5 cm³/mol. The summed E-state index contributed by atoms with van der Waals surface area (Å²) < 4.78 is 15.5. The lowest BCUT2D eigenvalue weighted by atomic mass is 9.99. The summed E-state index contributed by atoms with van der Waals surface area (Å²) >= 11 is 0. The van der Waals surface area contributed by atoms with E-state index in [1.54, 1.807) is 0 Å². The molecule has 9 nitrogen and oxygen atoms in total. The van der Waals surface area contributed by atoms with Gasteiger partial charge in [0.2, 0.25) is 6.29 Å². The molecule has 0 amide bonds. The highest BCUT2D eigenvalue weighted by molar-refractivity contribution is 5.83. The fourth-order valence-electron chi connectivity index (χ4n) is 2.50. The summed E-state index contributed by atoms with van der Waals surface area (Å²) in [6.07, 6.45) is -7.14. The Hall–Kier alpha value is -2.17. The van der Waals surface area contributed by atoms with Crippen LogP contribution < -0.4 is 10.4 Å². The molecular formula is C15H16O9. The summed E-state index contributed by atoms with van der Waals surface area (Å²) in [6, 6.07) is 5.16. The molecule has 1 saturated heterocycles. The van der Waals surface area contributed by atoms with E-state index in [1.807, 2.05) is 0 Å². The van der Waals surface area contributed by atoms with Crippen LogP contribution in [0.1, 0.15) is 0 Å². The van der Waals surface area contributed by atoms with Crippen LogP contribution in [-0.2, 0) is 4.74 Å². The summed E-state index contributed by atoms with van der Waals surface area (Å²) in [5.41, 5.74) is -0.649. The van der Waals surface area contributed by atoms with E-state index in [0.29, 0.717) is 5.39 Å². The van der Waals surface area contributed by atoms with Crippen molar-refractivity contribution in [3.8, 4) is 11.5 Å². The average molecular weight is 340 g/mol. The molecule has 130 valence electrons. The Kier molecular flexibility index (Phi) is 4.43. The van der Waals surface area contributed by atoms with Gasteiger partial charge in [-0.05, 0) is 12.1 Å². The van der Waals surface area contributed by atoms with Gasteiger partial charge in [-0.1, -0.05) is 0 Å². The van der Waals surface area contributed by atoms with Crippen molar-refractivity contribution in [1.82, 2.24) is 0 Å². The standard InChI is InChI=1S/C15H16O9/c16-5-9-11(19)12(20)13(21)15(23-9)22-7-3-6-1-2-10(18)24-14(6)8(17)4-7/h1-4,9,11-13,15-17,19-21H,5H2. The molecule has 3 rings (SSSR count). The molecule has 0 spiro atoms. The number of benzene rings is 1. The monoisotopic (exact) mass is 340 g/mol. The second-order valence-corrected chi connectivity index (χ2v) is 5.43. The number of phenolic OH excluding ortho intramolecular Hbond substituents is 1. The average Bonchev–Trinajstić information content (AvgIpc) is 2.56. The van der Waals surface area contributed by atoms with Crippen molar-refractivity contribution in [3.05, 3.63) is 34.7 Å². The largest absolute Gasteiger partial charge is 0.504 e. The first-order valence-corrected chi connectivity index (χ1v) is 7.15. The highest BCUT2D eigenvalue weighted by atomic mass is 16.7. The molecule has 0 saturated carbocycles. The van der Waals surface area contributed by atoms with E-state index >= 15 is 0 Å². The predicted octanol–water partition coefficient (Wildman–Crippen LogP) is -1.32. The van der Waals surface area contributed by atoms with Crippen molar-refractivity contribution in [2.75, 3.05) is 6.61 Å². The summed E-state index contributed by atoms with van der Waals surface area (Å²) in [5, 5.41) is 48.8. The number of ether oxygens (including phenoxy) is 2. The number of aliphatic hydroxyl groups excluding tert-OH is 4. The van der Waals surface area contributed by atoms with E-state index in [4.69, 9.17) is 19.0 Å². The molecule has 24 heavy (non-hydrogen) atoms. The molecule has 0 bridgehead atoms. The van der Waals surface area contributed by atoms with Gasteiger partial charge in [0.15, 0.2) is 11.3 Å². The molecule has 1 fully saturated rings. The lowest BCUT2D eigenvalue weighted by Crippen LogP contribution is -2.60. The minimum Gasteiger partial charge on any atom is -0.504 e. The molecule has 0 radical (unpaired) electrons. The molecule has 1 aromatic heterocycles.